The molecule has 0 aliphatic rings. The lowest BCUT2D eigenvalue weighted by molar-refractivity contribution is 0.0351. The fraction of sp³-hybridized carbons (Fsp3) is 0.316. The Hall–Kier alpha value is -3.93. The zero-order valence-corrected chi connectivity index (χ0v) is 31.2. The number of benzene rings is 4. The summed E-state index contributed by atoms with van der Waals surface area (Å²) in [5, 5.41) is 26.9. The normalized spacial score (nSPS) is 13.9. The van der Waals surface area contributed by atoms with Gasteiger partial charge in [0.05, 0.1) is 43.7 Å². The Morgan fingerprint density at radius 2 is 1.04 bits per heavy atom. The minimum atomic E-state index is -1.16. The van der Waals surface area contributed by atoms with Crippen LogP contribution in [-0.2, 0) is 11.2 Å². The zero-order chi connectivity index (χ0) is 35.5. The van der Waals surface area contributed by atoms with Crippen LogP contribution in [0, 0.1) is 11.8 Å². The standard InChI is InChI=1S/C19H20ClNO3S.C19H21NO3S/c1-11(2)19(22,17-10-21-18(20)25-17)14-6-5-12-8-15(23-3)16(24-4)9-13(12)7-14;1-12(2)19(21,18-10-20-11-24-18)15-6-5-13-8-16(22-3)17(23-4)9-14(13)7-15/h5-11,22H,1-4H3;5-12,21H,1-4H3. The van der Waals surface area contributed by atoms with Gasteiger partial charge in [-0.25, -0.2) is 4.98 Å². The third-order valence-corrected chi connectivity index (χ3v) is 11.0. The molecule has 0 aliphatic carbocycles. The Labute approximate surface area is 299 Å². The molecule has 2 unspecified atom stereocenters. The number of aromatic nitrogens is 2. The summed E-state index contributed by atoms with van der Waals surface area (Å²) in [6, 6.07) is 19.6. The lowest BCUT2D eigenvalue weighted by atomic mass is 9.81. The summed E-state index contributed by atoms with van der Waals surface area (Å²) < 4.78 is 21.9. The highest BCUT2D eigenvalue weighted by Crippen LogP contribution is 2.43. The number of aliphatic hydroxyl groups is 2. The van der Waals surface area contributed by atoms with Crippen molar-refractivity contribution in [2.24, 2.45) is 11.8 Å². The molecule has 2 atom stereocenters. The van der Waals surface area contributed by atoms with Crippen molar-refractivity contribution in [3.63, 3.8) is 0 Å². The quantitative estimate of drug-likeness (QED) is 0.145. The first-order valence-electron chi connectivity index (χ1n) is 15.7. The van der Waals surface area contributed by atoms with Gasteiger partial charge in [0, 0.05) is 12.4 Å². The fourth-order valence-corrected chi connectivity index (χ4v) is 8.07. The number of hydrogen-bond donors (Lipinski definition) is 2. The Kier molecular flexibility index (Phi) is 11.1. The highest BCUT2D eigenvalue weighted by Gasteiger charge is 2.38. The van der Waals surface area contributed by atoms with Gasteiger partial charge in [0.2, 0.25) is 0 Å². The number of nitrogens with zero attached hydrogens (tertiary/aromatic N) is 2. The smallest absolute Gasteiger partial charge is 0.183 e. The van der Waals surface area contributed by atoms with Gasteiger partial charge >= 0.3 is 0 Å². The molecule has 0 radical (unpaired) electrons. The van der Waals surface area contributed by atoms with E-state index in [0.29, 0.717) is 27.5 Å². The maximum absolute atomic E-state index is 11.5. The van der Waals surface area contributed by atoms with Crippen molar-refractivity contribution < 1.29 is 29.2 Å². The van der Waals surface area contributed by atoms with Gasteiger partial charge < -0.3 is 29.2 Å². The summed E-state index contributed by atoms with van der Waals surface area (Å²) in [6.45, 7) is 7.98. The van der Waals surface area contributed by atoms with Crippen molar-refractivity contribution in [2.45, 2.75) is 38.9 Å². The van der Waals surface area contributed by atoms with Gasteiger partial charge in [0.15, 0.2) is 27.5 Å². The molecule has 0 saturated carbocycles. The van der Waals surface area contributed by atoms with E-state index in [0.717, 1.165) is 42.4 Å². The topological polar surface area (TPSA) is 103 Å². The molecule has 8 nitrogen and oxygen atoms in total. The first-order chi connectivity index (χ1) is 23.4. The van der Waals surface area contributed by atoms with Crippen LogP contribution in [0.5, 0.6) is 23.0 Å². The maximum Gasteiger partial charge on any atom is 0.183 e. The molecule has 49 heavy (non-hydrogen) atoms. The second-order valence-electron chi connectivity index (χ2n) is 12.2. The Balaban J connectivity index is 0.000000191. The summed E-state index contributed by atoms with van der Waals surface area (Å²) in [5.41, 5.74) is 1.16. The Morgan fingerprint density at radius 1 is 0.612 bits per heavy atom. The summed E-state index contributed by atoms with van der Waals surface area (Å²) in [4.78, 5) is 9.79. The molecule has 0 aliphatic heterocycles. The molecule has 0 fully saturated rings. The number of rotatable bonds is 10. The number of methoxy groups -OCH3 is 4. The lowest BCUT2D eigenvalue weighted by Crippen LogP contribution is -2.32. The molecular weight excluding hydrogens is 680 g/mol. The molecule has 0 spiro atoms. The van der Waals surface area contributed by atoms with Crippen LogP contribution in [-0.4, -0.2) is 48.6 Å². The average Bonchev–Trinajstić information content (AvgIpc) is 3.82. The van der Waals surface area contributed by atoms with Gasteiger partial charge in [0.25, 0.3) is 0 Å². The number of halogens is 1. The lowest BCUT2D eigenvalue weighted by Gasteiger charge is -2.31. The number of ether oxygens (including phenoxy) is 4. The van der Waals surface area contributed by atoms with Gasteiger partial charge in [-0.15, -0.1) is 22.7 Å². The zero-order valence-electron chi connectivity index (χ0n) is 28.8. The summed E-state index contributed by atoms with van der Waals surface area (Å²) in [5.74, 6) is 2.65. The molecule has 2 heterocycles. The Bertz CT molecular complexity index is 2050. The van der Waals surface area contributed by atoms with Crippen LogP contribution in [0.3, 0.4) is 0 Å². The molecule has 11 heteroatoms. The van der Waals surface area contributed by atoms with Gasteiger partial charge in [-0.1, -0.05) is 63.6 Å². The van der Waals surface area contributed by atoms with Gasteiger partial charge in [-0.05, 0) is 80.9 Å². The van der Waals surface area contributed by atoms with Crippen molar-refractivity contribution in [3.8, 4) is 23.0 Å². The first kappa shape index (κ1) is 36.4. The molecule has 0 bridgehead atoms. The first-order valence-corrected chi connectivity index (χ1v) is 17.8. The van der Waals surface area contributed by atoms with Crippen LogP contribution < -0.4 is 18.9 Å². The SMILES string of the molecule is COc1cc2ccc(C(O)(c3cnc(Cl)s3)C(C)C)cc2cc1OC.COc1cc2ccc(C(O)(c3cncs3)C(C)C)cc2cc1OC. The highest BCUT2D eigenvalue weighted by molar-refractivity contribution is 7.15. The summed E-state index contributed by atoms with van der Waals surface area (Å²) in [7, 11) is 6.47. The predicted molar refractivity (Wildman–Crippen MR) is 199 cm³/mol. The van der Waals surface area contributed by atoms with Gasteiger partial charge in [0.1, 0.15) is 11.2 Å². The molecule has 2 aromatic heterocycles. The third-order valence-electron chi connectivity index (χ3n) is 8.90. The minimum absolute atomic E-state index is 0.00976. The second-order valence-corrected chi connectivity index (χ2v) is 14.7. The van der Waals surface area contributed by atoms with Crippen LogP contribution in [0.15, 0.2) is 78.6 Å². The van der Waals surface area contributed by atoms with E-state index in [2.05, 4.69) is 9.97 Å². The van der Waals surface area contributed by atoms with E-state index in [9.17, 15) is 10.2 Å². The van der Waals surface area contributed by atoms with Crippen LogP contribution in [0.25, 0.3) is 21.5 Å². The van der Waals surface area contributed by atoms with E-state index in [4.69, 9.17) is 30.5 Å². The Morgan fingerprint density at radius 3 is 1.39 bits per heavy atom. The van der Waals surface area contributed by atoms with E-state index in [1.165, 1.54) is 22.7 Å². The van der Waals surface area contributed by atoms with E-state index in [-0.39, 0.29) is 11.8 Å². The van der Waals surface area contributed by atoms with Crippen molar-refractivity contribution in [3.05, 3.63) is 104 Å². The molecule has 6 aromatic rings. The number of fused-ring (bicyclic) bond motifs is 2. The van der Waals surface area contributed by atoms with Crippen LogP contribution in [0.4, 0.5) is 0 Å². The average molecular weight is 721 g/mol. The molecule has 0 saturated heterocycles. The third kappa shape index (κ3) is 6.93. The van der Waals surface area contributed by atoms with Gasteiger partial charge in [-0.2, -0.15) is 0 Å². The van der Waals surface area contributed by atoms with E-state index < -0.39 is 11.2 Å². The fourth-order valence-electron chi connectivity index (χ4n) is 5.98. The predicted octanol–water partition coefficient (Wildman–Crippen LogP) is 9.06. The molecule has 6 rings (SSSR count). The molecule has 258 valence electrons. The van der Waals surface area contributed by atoms with Crippen LogP contribution in [0.1, 0.15) is 48.6 Å². The van der Waals surface area contributed by atoms with Crippen molar-refractivity contribution in [1.29, 1.82) is 0 Å². The largest absolute Gasteiger partial charge is 0.493 e. The van der Waals surface area contributed by atoms with Gasteiger partial charge in [-0.3, -0.25) is 4.98 Å². The van der Waals surface area contributed by atoms with E-state index in [1.807, 2.05) is 88.4 Å². The molecule has 4 aromatic carbocycles. The van der Waals surface area contributed by atoms with E-state index >= 15 is 0 Å². The van der Waals surface area contributed by atoms with E-state index in [1.54, 1.807) is 46.3 Å². The van der Waals surface area contributed by atoms with Crippen LogP contribution >= 0.6 is 34.3 Å². The number of hydrogen-bond acceptors (Lipinski definition) is 10. The monoisotopic (exact) mass is 720 g/mol. The van der Waals surface area contributed by atoms with Crippen molar-refractivity contribution >= 4 is 55.8 Å². The summed E-state index contributed by atoms with van der Waals surface area (Å²) in [6.07, 6.45) is 3.38. The molecule has 2 N–H and O–H groups in total. The summed E-state index contributed by atoms with van der Waals surface area (Å²) >= 11 is 8.76. The highest BCUT2D eigenvalue weighted by atomic mass is 35.5. The molecular formula is C38H41ClN2O6S2. The minimum Gasteiger partial charge on any atom is -0.493 e. The van der Waals surface area contributed by atoms with Crippen molar-refractivity contribution in [2.75, 3.05) is 28.4 Å². The van der Waals surface area contributed by atoms with Crippen LogP contribution in [0.2, 0.25) is 4.47 Å². The maximum atomic E-state index is 11.5. The molecule has 0 amide bonds. The van der Waals surface area contributed by atoms with Crippen molar-refractivity contribution in [1.82, 2.24) is 9.97 Å². The second kappa shape index (κ2) is 14.9. The number of thiazole rings is 2.